The maximum atomic E-state index is 11.9. The van der Waals surface area contributed by atoms with Crippen LogP contribution in [0.15, 0.2) is 18.2 Å². The van der Waals surface area contributed by atoms with Crippen molar-refractivity contribution in [1.29, 1.82) is 0 Å². The van der Waals surface area contributed by atoms with Crippen LogP contribution in [0.25, 0.3) is 0 Å². The topological polar surface area (TPSA) is 58.6 Å². The van der Waals surface area contributed by atoms with Gasteiger partial charge in [-0.1, -0.05) is 6.07 Å². The molecule has 20 heavy (non-hydrogen) atoms. The normalized spacial score (nSPS) is 15.9. The second kappa shape index (κ2) is 6.86. The van der Waals surface area contributed by atoms with Crippen molar-refractivity contribution in [2.75, 3.05) is 19.8 Å². The number of carbonyl (C=O) groups is 1. The lowest BCUT2D eigenvalue weighted by Crippen LogP contribution is -2.34. The Morgan fingerprint density at radius 2 is 2.15 bits per heavy atom. The number of hydrogen-bond acceptors (Lipinski definition) is 3. The second-order valence-corrected chi connectivity index (χ2v) is 5.64. The zero-order chi connectivity index (χ0) is 14.5. The Hall–Kier alpha value is -1.39. The molecule has 2 N–H and O–H groups in total. The number of nitrogens with one attached hydrogen (secondary N) is 1. The molecule has 1 fully saturated rings. The summed E-state index contributed by atoms with van der Waals surface area (Å²) in [6, 6.07) is 5.59. The van der Waals surface area contributed by atoms with Gasteiger partial charge in [0.25, 0.3) is 5.91 Å². The van der Waals surface area contributed by atoms with E-state index in [0.29, 0.717) is 11.5 Å². The summed E-state index contributed by atoms with van der Waals surface area (Å²) in [6.45, 7) is 5.22. The molecule has 2 rings (SSSR count). The van der Waals surface area contributed by atoms with Gasteiger partial charge in [-0.15, -0.1) is 0 Å². The summed E-state index contributed by atoms with van der Waals surface area (Å²) in [5.74, 6) is 0.529. The first-order chi connectivity index (χ1) is 9.56. The Labute approximate surface area is 120 Å². The second-order valence-electron chi connectivity index (χ2n) is 5.64. The zero-order valence-electron chi connectivity index (χ0n) is 12.2. The van der Waals surface area contributed by atoms with Gasteiger partial charge in [-0.25, -0.2) is 0 Å². The lowest BCUT2D eigenvalue weighted by Gasteiger charge is -2.12. The van der Waals surface area contributed by atoms with Crippen molar-refractivity contribution in [2.24, 2.45) is 5.92 Å². The summed E-state index contributed by atoms with van der Waals surface area (Å²) in [5.41, 5.74) is 2.88. The quantitative estimate of drug-likeness (QED) is 0.799. The lowest BCUT2D eigenvalue weighted by molar-refractivity contribution is 0.0320. The van der Waals surface area contributed by atoms with Crippen LogP contribution in [0, 0.1) is 19.8 Å². The fourth-order valence-corrected chi connectivity index (χ4v) is 1.91. The summed E-state index contributed by atoms with van der Waals surface area (Å²) >= 11 is 0. The Bertz CT molecular complexity index is 469. The lowest BCUT2D eigenvalue weighted by atomic mass is 10.1. The van der Waals surface area contributed by atoms with Crippen LogP contribution in [-0.4, -0.2) is 36.9 Å². The van der Waals surface area contributed by atoms with E-state index in [-0.39, 0.29) is 19.1 Å². The smallest absolute Gasteiger partial charge is 0.251 e. The van der Waals surface area contributed by atoms with Crippen LogP contribution in [0.5, 0.6) is 0 Å². The number of aliphatic hydroxyl groups is 1. The summed E-state index contributed by atoms with van der Waals surface area (Å²) in [6.07, 6.45) is 1.82. The number of ether oxygens (including phenoxy) is 1. The molecular formula is C16H23NO3. The van der Waals surface area contributed by atoms with Gasteiger partial charge in [0.1, 0.15) is 0 Å². The first-order valence-electron chi connectivity index (χ1n) is 7.17. The fraction of sp³-hybridized carbons (Fsp3) is 0.562. The van der Waals surface area contributed by atoms with Crippen molar-refractivity contribution in [1.82, 2.24) is 5.32 Å². The van der Waals surface area contributed by atoms with Crippen LogP contribution in [0.3, 0.4) is 0 Å². The van der Waals surface area contributed by atoms with E-state index in [0.717, 1.165) is 17.7 Å². The van der Waals surface area contributed by atoms with Gasteiger partial charge >= 0.3 is 0 Å². The highest BCUT2D eigenvalue weighted by Gasteiger charge is 2.21. The highest BCUT2D eigenvalue weighted by atomic mass is 16.5. The van der Waals surface area contributed by atoms with Gasteiger partial charge in [0, 0.05) is 18.7 Å². The molecule has 0 saturated heterocycles. The molecule has 0 bridgehead atoms. The average molecular weight is 277 g/mol. The van der Waals surface area contributed by atoms with Crippen molar-refractivity contribution in [3.05, 3.63) is 34.9 Å². The molecule has 0 radical (unpaired) electrons. The number of amides is 1. The number of carbonyl (C=O) groups excluding carboxylic acids is 1. The molecule has 1 saturated carbocycles. The SMILES string of the molecule is Cc1ccc(C(=O)NCC(O)COCC2CC2)cc1C. The maximum Gasteiger partial charge on any atom is 0.251 e. The summed E-state index contributed by atoms with van der Waals surface area (Å²) in [7, 11) is 0. The zero-order valence-corrected chi connectivity index (χ0v) is 12.2. The van der Waals surface area contributed by atoms with Crippen LogP contribution in [0.1, 0.15) is 34.3 Å². The minimum Gasteiger partial charge on any atom is -0.389 e. The van der Waals surface area contributed by atoms with E-state index >= 15 is 0 Å². The van der Waals surface area contributed by atoms with Crippen LogP contribution in [-0.2, 0) is 4.74 Å². The van der Waals surface area contributed by atoms with E-state index in [4.69, 9.17) is 4.74 Å². The van der Waals surface area contributed by atoms with Crippen molar-refractivity contribution in [3.8, 4) is 0 Å². The third-order valence-corrected chi connectivity index (χ3v) is 3.63. The maximum absolute atomic E-state index is 11.9. The number of aryl methyl sites for hydroxylation is 2. The molecule has 0 aromatic heterocycles. The van der Waals surface area contributed by atoms with Crippen LogP contribution in [0.4, 0.5) is 0 Å². The van der Waals surface area contributed by atoms with E-state index in [1.807, 2.05) is 26.0 Å². The molecule has 4 nitrogen and oxygen atoms in total. The Kier molecular flexibility index (Phi) is 5.15. The molecule has 1 amide bonds. The van der Waals surface area contributed by atoms with Gasteiger partial charge in [0.05, 0.1) is 12.7 Å². The third kappa shape index (κ3) is 4.62. The molecule has 1 aromatic rings. The van der Waals surface area contributed by atoms with Crippen LogP contribution >= 0.6 is 0 Å². The molecular weight excluding hydrogens is 254 g/mol. The number of hydrogen-bond donors (Lipinski definition) is 2. The molecule has 1 atom stereocenters. The highest BCUT2D eigenvalue weighted by Crippen LogP contribution is 2.28. The summed E-state index contributed by atoms with van der Waals surface area (Å²) in [4.78, 5) is 11.9. The first-order valence-corrected chi connectivity index (χ1v) is 7.17. The van der Waals surface area contributed by atoms with Crippen molar-refractivity contribution in [3.63, 3.8) is 0 Å². The molecule has 0 heterocycles. The molecule has 4 heteroatoms. The average Bonchev–Trinajstić information content (AvgIpc) is 3.23. The third-order valence-electron chi connectivity index (χ3n) is 3.63. The number of benzene rings is 1. The molecule has 1 aliphatic carbocycles. The predicted molar refractivity (Wildman–Crippen MR) is 77.8 cm³/mol. The number of aliphatic hydroxyl groups excluding tert-OH is 1. The summed E-state index contributed by atoms with van der Waals surface area (Å²) < 4.78 is 5.39. The largest absolute Gasteiger partial charge is 0.389 e. The molecule has 1 aliphatic rings. The Morgan fingerprint density at radius 3 is 2.80 bits per heavy atom. The van der Waals surface area contributed by atoms with Gasteiger partial charge in [-0.2, -0.15) is 0 Å². The van der Waals surface area contributed by atoms with E-state index in [2.05, 4.69) is 5.32 Å². The van der Waals surface area contributed by atoms with E-state index in [1.165, 1.54) is 12.8 Å². The Morgan fingerprint density at radius 1 is 1.40 bits per heavy atom. The standard InChI is InChI=1S/C16H23NO3/c1-11-3-6-14(7-12(11)2)16(19)17-8-15(18)10-20-9-13-4-5-13/h3,6-7,13,15,18H,4-5,8-10H2,1-2H3,(H,17,19). The Balaban J connectivity index is 1.71. The van der Waals surface area contributed by atoms with Crippen molar-refractivity contribution >= 4 is 5.91 Å². The van der Waals surface area contributed by atoms with Crippen molar-refractivity contribution < 1.29 is 14.6 Å². The van der Waals surface area contributed by atoms with Gasteiger partial charge in [0.2, 0.25) is 0 Å². The van der Waals surface area contributed by atoms with Gasteiger partial charge in [-0.3, -0.25) is 4.79 Å². The van der Waals surface area contributed by atoms with Crippen molar-refractivity contribution in [2.45, 2.75) is 32.8 Å². The fourth-order valence-electron chi connectivity index (χ4n) is 1.91. The highest BCUT2D eigenvalue weighted by molar-refractivity contribution is 5.94. The minimum atomic E-state index is -0.649. The molecule has 110 valence electrons. The minimum absolute atomic E-state index is 0.158. The first kappa shape index (κ1) is 15.0. The predicted octanol–water partition coefficient (Wildman–Crippen LogP) is 1.82. The van der Waals surface area contributed by atoms with E-state index in [9.17, 15) is 9.90 Å². The molecule has 1 aromatic carbocycles. The van der Waals surface area contributed by atoms with Gasteiger partial charge < -0.3 is 15.2 Å². The van der Waals surface area contributed by atoms with Crippen LogP contribution in [0.2, 0.25) is 0 Å². The molecule has 1 unspecified atom stereocenters. The monoisotopic (exact) mass is 277 g/mol. The van der Waals surface area contributed by atoms with Gasteiger partial charge in [0.15, 0.2) is 0 Å². The summed E-state index contributed by atoms with van der Waals surface area (Å²) in [5, 5.41) is 12.5. The number of rotatable bonds is 7. The molecule has 0 aliphatic heterocycles. The van der Waals surface area contributed by atoms with E-state index < -0.39 is 6.10 Å². The van der Waals surface area contributed by atoms with E-state index in [1.54, 1.807) is 6.07 Å². The van der Waals surface area contributed by atoms with Crippen LogP contribution < -0.4 is 5.32 Å². The van der Waals surface area contributed by atoms with Gasteiger partial charge in [-0.05, 0) is 55.9 Å². The molecule has 0 spiro atoms.